The van der Waals surface area contributed by atoms with Crippen LogP contribution in [0.15, 0.2) is 24.3 Å². The average Bonchev–Trinajstić information content (AvgIpc) is 3.24. The summed E-state index contributed by atoms with van der Waals surface area (Å²) in [6.07, 6.45) is 3.74. The second kappa shape index (κ2) is 7.24. The Labute approximate surface area is 144 Å². The van der Waals surface area contributed by atoms with Gasteiger partial charge in [-0.2, -0.15) is 0 Å². The lowest BCUT2D eigenvalue weighted by Crippen LogP contribution is -2.35. The van der Waals surface area contributed by atoms with Crippen LogP contribution in [0.5, 0.6) is 0 Å². The molecule has 1 aromatic carbocycles. The fourth-order valence-corrected chi connectivity index (χ4v) is 3.53. The SMILES string of the molecule is CCC(C)N1CC(C(=O)Nc2ccc(N3CCCC3)cc2)CC1=O. The van der Waals surface area contributed by atoms with Crippen molar-refractivity contribution in [3.63, 3.8) is 0 Å². The van der Waals surface area contributed by atoms with Crippen molar-refractivity contribution in [3.05, 3.63) is 24.3 Å². The van der Waals surface area contributed by atoms with Crippen LogP contribution in [-0.2, 0) is 9.59 Å². The first kappa shape index (κ1) is 16.8. The lowest BCUT2D eigenvalue weighted by atomic mass is 10.1. The minimum absolute atomic E-state index is 0.0527. The van der Waals surface area contributed by atoms with Gasteiger partial charge in [-0.25, -0.2) is 0 Å². The van der Waals surface area contributed by atoms with E-state index < -0.39 is 0 Å². The van der Waals surface area contributed by atoms with Crippen LogP contribution in [0, 0.1) is 5.92 Å². The third kappa shape index (κ3) is 3.55. The minimum atomic E-state index is -0.246. The summed E-state index contributed by atoms with van der Waals surface area (Å²) in [5.74, 6) is -0.207. The lowest BCUT2D eigenvalue weighted by Gasteiger charge is -2.23. The standard InChI is InChI=1S/C19H27N3O2/c1-3-14(2)22-13-15(12-18(22)23)19(24)20-16-6-8-17(9-7-16)21-10-4-5-11-21/h6-9,14-15H,3-5,10-13H2,1-2H3,(H,20,24). The van der Waals surface area contributed by atoms with Crippen LogP contribution in [0.3, 0.4) is 0 Å². The summed E-state index contributed by atoms with van der Waals surface area (Å²) >= 11 is 0. The monoisotopic (exact) mass is 329 g/mol. The van der Waals surface area contributed by atoms with Gasteiger partial charge in [0, 0.05) is 43.5 Å². The van der Waals surface area contributed by atoms with Gasteiger partial charge < -0.3 is 15.1 Å². The first-order valence-corrected chi connectivity index (χ1v) is 9.04. The summed E-state index contributed by atoms with van der Waals surface area (Å²) < 4.78 is 0. The summed E-state index contributed by atoms with van der Waals surface area (Å²) in [7, 11) is 0. The van der Waals surface area contributed by atoms with E-state index in [4.69, 9.17) is 0 Å². The van der Waals surface area contributed by atoms with E-state index in [1.807, 2.05) is 24.0 Å². The van der Waals surface area contributed by atoms with Crippen LogP contribution in [0.25, 0.3) is 0 Å². The molecular weight excluding hydrogens is 302 g/mol. The average molecular weight is 329 g/mol. The third-order valence-electron chi connectivity index (χ3n) is 5.26. The second-order valence-electron chi connectivity index (χ2n) is 6.93. The fourth-order valence-electron chi connectivity index (χ4n) is 3.53. The zero-order valence-corrected chi connectivity index (χ0v) is 14.6. The molecule has 5 heteroatoms. The predicted octanol–water partition coefficient (Wildman–Crippen LogP) is 2.87. The smallest absolute Gasteiger partial charge is 0.229 e. The fraction of sp³-hybridized carbons (Fsp3) is 0.579. The molecule has 0 radical (unpaired) electrons. The molecule has 0 spiro atoms. The van der Waals surface area contributed by atoms with Gasteiger partial charge in [-0.3, -0.25) is 9.59 Å². The van der Waals surface area contributed by atoms with Gasteiger partial charge >= 0.3 is 0 Å². The van der Waals surface area contributed by atoms with Crippen LogP contribution >= 0.6 is 0 Å². The summed E-state index contributed by atoms with van der Waals surface area (Å²) in [6, 6.07) is 8.23. The zero-order valence-electron chi connectivity index (χ0n) is 14.6. The van der Waals surface area contributed by atoms with Crippen molar-refractivity contribution < 1.29 is 9.59 Å². The highest BCUT2D eigenvalue weighted by molar-refractivity contribution is 5.97. The van der Waals surface area contributed by atoms with Crippen LogP contribution in [0.4, 0.5) is 11.4 Å². The van der Waals surface area contributed by atoms with Gasteiger partial charge in [-0.1, -0.05) is 6.92 Å². The number of likely N-dealkylation sites (tertiary alicyclic amines) is 1. The summed E-state index contributed by atoms with van der Waals surface area (Å²) in [5, 5.41) is 2.96. The molecule has 24 heavy (non-hydrogen) atoms. The number of anilines is 2. The van der Waals surface area contributed by atoms with Crippen molar-refractivity contribution in [2.45, 2.75) is 45.6 Å². The molecule has 130 valence electrons. The van der Waals surface area contributed by atoms with E-state index in [-0.39, 0.29) is 23.8 Å². The third-order valence-corrected chi connectivity index (χ3v) is 5.26. The van der Waals surface area contributed by atoms with E-state index in [1.165, 1.54) is 18.5 Å². The van der Waals surface area contributed by atoms with Crippen molar-refractivity contribution in [2.24, 2.45) is 5.92 Å². The Morgan fingerprint density at radius 2 is 1.92 bits per heavy atom. The number of rotatable bonds is 5. The van der Waals surface area contributed by atoms with Crippen LogP contribution < -0.4 is 10.2 Å². The molecule has 2 fully saturated rings. The zero-order chi connectivity index (χ0) is 17.1. The predicted molar refractivity (Wildman–Crippen MR) is 96.1 cm³/mol. The van der Waals surface area contributed by atoms with E-state index in [0.717, 1.165) is 25.2 Å². The van der Waals surface area contributed by atoms with Gasteiger partial charge in [0.15, 0.2) is 0 Å². The highest BCUT2D eigenvalue weighted by Gasteiger charge is 2.36. The molecule has 2 aliphatic heterocycles. The number of carbonyl (C=O) groups is 2. The molecule has 5 nitrogen and oxygen atoms in total. The van der Waals surface area contributed by atoms with E-state index in [1.54, 1.807) is 0 Å². The van der Waals surface area contributed by atoms with Crippen molar-refractivity contribution in [1.82, 2.24) is 4.90 Å². The molecule has 1 N–H and O–H groups in total. The highest BCUT2D eigenvalue weighted by atomic mass is 16.2. The van der Waals surface area contributed by atoms with Gasteiger partial charge in [0.1, 0.15) is 0 Å². The maximum Gasteiger partial charge on any atom is 0.229 e. The molecule has 3 rings (SSSR count). The number of hydrogen-bond acceptors (Lipinski definition) is 3. The summed E-state index contributed by atoms with van der Waals surface area (Å²) in [6.45, 7) is 6.86. The summed E-state index contributed by atoms with van der Waals surface area (Å²) in [5.41, 5.74) is 2.02. The first-order chi connectivity index (χ1) is 11.6. The van der Waals surface area contributed by atoms with Gasteiger partial charge in [-0.15, -0.1) is 0 Å². The Kier molecular flexibility index (Phi) is 5.07. The lowest BCUT2D eigenvalue weighted by molar-refractivity contribution is -0.129. The topological polar surface area (TPSA) is 52.7 Å². The van der Waals surface area contributed by atoms with E-state index in [0.29, 0.717) is 13.0 Å². The number of carbonyl (C=O) groups excluding carboxylic acids is 2. The number of amides is 2. The van der Waals surface area contributed by atoms with Gasteiger partial charge in [-0.05, 0) is 50.5 Å². The van der Waals surface area contributed by atoms with Crippen molar-refractivity contribution in [1.29, 1.82) is 0 Å². The molecule has 2 heterocycles. The molecule has 0 aromatic heterocycles. The quantitative estimate of drug-likeness (QED) is 0.904. The van der Waals surface area contributed by atoms with E-state index in [9.17, 15) is 9.59 Å². The number of nitrogens with one attached hydrogen (secondary N) is 1. The normalized spacial score (nSPS) is 22.1. The molecule has 2 atom stereocenters. The van der Waals surface area contributed by atoms with Gasteiger partial charge in [0.05, 0.1) is 5.92 Å². The second-order valence-corrected chi connectivity index (χ2v) is 6.93. The van der Waals surface area contributed by atoms with Crippen molar-refractivity contribution >= 4 is 23.2 Å². The molecule has 2 amide bonds. The number of nitrogens with zero attached hydrogens (tertiary/aromatic N) is 2. The molecule has 0 saturated carbocycles. The molecule has 2 saturated heterocycles. The Bertz CT molecular complexity index is 593. The molecule has 2 aliphatic rings. The molecule has 0 aliphatic carbocycles. The number of hydrogen-bond donors (Lipinski definition) is 1. The van der Waals surface area contributed by atoms with Gasteiger partial charge in [0.2, 0.25) is 11.8 Å². The first-order valence-electron chi connectivity index (χ1n) is 9.04. The Hall–Kier alpha value is -2.04. The molecule has 0 bridgehead atoms. The van der Waals surface area contributed by atoms with Gasteiger partial charge in [0.25, 0.3) is 0 Å². The Morgan fingerprint density at radius 3 is 2.54 bits per heavy atom. The van der Waals surface area contributed by atoms with Crippen LogP contribution in [0.1, 0.15) is 39.5 Å². The number of benzene rings is 1. The Morgan fingerprint density at radius 1 is 1.25 bits per heavy atom. The van der Waals surface area contributed by atoms with Crippen molar-refractivity contribution in [2.75, 3.05) is 29.9 Å². The maximum absolute atomic E-state index is 12.5. The molecular formula is C19H27N3O2. The summed E-state index contributed by atoms with van der Waals surface area (Å²) in [4.78, 5) is 28.7. The largest absolute Gasteiger partial charge is 0.372 e. The molecule has 1 aromatic rings. The highest BCUT2D eigenvalue weighted by Crippen LogP contribution is 2.25. The van der Waals surface area contributed by atoms with E-state index in [2.05, 4.69) is 29.3 Å². The molecule has 2 unspecified atom stereocenters. The van der Waals surface area contributed by atoms with Crippen LogP contribution in [0.2, 0.25) is 0 Å². The minimum Gasteiger partial charge on any atom is -0.372 e. The van der Waals surface area contributed by atoms with Crippen molar-refractivity contribution in [3.8, 4) is 0 Å². The van der Waals surface area contributed by atoms with Crippen LogP contribution in [-0.4, -0.2) is 42.4 Å². The Balaban J connectivity index is 1.58. The van der Waals surface area contributed by atoms with E-state index >= 15 is 0 Å². The maximum atomic E-state index is 12.5.